The van der Waals surface area contributed by atoms with Crippen LogP contribution < -0.4 is 24.8 Å². The molecule has 8 nitrogen and oxygen atoms in total. The Bertz CT molecular complexity index is 813. The third-order valence-corrected chi connectivity index (χ3v) is 4.18. The molecule has 2 N–H and O–H groups in total. The summed E-state index contributed by atoms with van der Waals surface area (Å²) in [7, 11) is 4.73. The molecule has 0 spiro atoms. The third-order valence-electron chi connectivity index (χ3n) is 4.18. The zero-order valence-corrected chi connectivity index (χ0v) is 15.3. The Morgan fingerprint density at radius 1 is 1.12 bits per heavy atom. The highest BCUT2D eigenvalue weighted by molar-refractivity contribution is 5.95. The highest BCUT2D eigenvalue weighted by Crippen LogP contribution is 2.38. The fourth-order valence-electron chi connectivity index (χ4n) is 2.97. The van der Waals surface area contributed by atoms with E-state index in [9.17, 15) is 4.79 Å². The van der Waals surface area contributed by atoms with Gasteiger partial charge in [-0.15, -0.1) is 0 Å². The Kier molecular flexibility index (Phi) is 5.11. The first-order valence-corrected chi connectivity index (χ1v) is 8.25. The van der Waals surface area contributed by atoms with E-state index >= 15 is 0 Å². The van der Waals surface area contributed by atoms with Crippen LogP contribution in [0.25, 0.3) is 0 Å². The molecule has 0 bridgehead atoms. The van der Waals surface area contributed by atoms with Crippen LogP contribution in [0, 0.1) is 6.92 Å². The number of rotatable bonds is 6. The fraction of sp³-hybridized carbons (Fsp3) is 0.389. The molecule has 0 atom stereocenters. The summed E-state index contributed by atoms with van der Waals surface area (Å²) in [5, 5.41) is 6.11. The second kappa shape index (κ2) is 7.47. The molecule has 0 unspecified atom stereocenters. The van der Waals surface area contributed by atoms with Gasteiger partial charge in [-0.1, -0.05) is 0 Å². The molecule has 2 heterocycles. The number of ether oxygens (including phenoxy) is 3. The summed E-state index contributed by atoms with van der Waals surface area (Å²) in [6.45, 7) is 2.84. The van der Waals surface area contributed by atoms with Crippen molar-refractivity contribution in [2.24, 2.45) is 0 Å². The summed E-state index contributed by atoms with van der Waals surface area (Å²) >= 11 is 0. The van der Waals surface area contributed by atoms with E-state index < -0.39 is 0 Å². The van der Waals surface area contributed by atoms with Crippen LogP contribution in [0.5, 0.6) is 17.2 Å². The topological polar surface area (TPSA) is 94.6 Å². The van der Waals surface area contributed by atoms with Gasteiger partial charge in [0.2, 0.25) is 5.75 Å². The van der Waals surface area contributed by atoms with E-state index in [0.717, 1.165) is 11.1 Å². The van der Waals surface area contributed by atoms with Crippen LogP contribution in [0.4, 0.5) is 5.82 Å². The number of fused-ring (bicyclic) bond motifs is 1. The maximum atomic E-state index is 12.0. The zero-order chi connectivity index (χ0) is 18.7. The second-order valence-corrected chi connectivity index (χ2v) is 5.84. The van der Waals surface area contributed by atoms with Crippen molar-refractivity contribution in [2.75, 3.05) is 33.2 Å². The molecule has 0 aliphatic carbocycles. The van der Waals surface area contributed by atoms with Gasteiger partial charge in [-0.2, -0.15) is 0 Å². The number of nitrogens with one attached hydrogen (secondary N) is 2. The molecule has 1 aliphatic heterocycles. The van der Waals surface area contributed by atoms with Crippen LogP contribution in [-0.2, 0) is 13.0 Å². The van der Waals surface area contributed by atoms with E-state index in [-0.39, 0.29) is 5.91 Å². The zero-order valence-electron chi connectivity index (χ0n) is 15.3. The van der Waals surface area contributed by atoms with Crippen molar-refractivity contribution in [2.45, 2.75) is 19.9 Å². The molecule has 0 radical (unpaired) electrons. The van der Waals surface area contributed by atoms with E-state index in [4.69, 9.17) is 14.2 Å². The van der Waals surface area contributed by atoms with Gasteiger partial charge >= 0.3 is 0 Å². The number of aryl methyl sites for hydroxylation is 1. The van der Waals surface area contributed by atoms with E-state index in [2.05, 4.69) is 20.6 Å². The van der Waals surface area contributed by atoms with Gasteiger partial charge in [0.1, 0.15) is 17.3 Å². The lowest BCUT2D eigenvalue weighted by Crippen LogP contribution is -2.34. The minimum atomic E-state index is -0.160. The lowest BCUT2D eigenvalue weighted by atomic mass is 10.1. The number of anilines is 1. The monoisotopic (exact) mass is 358 g/mol. The van der Waals surface area contributed by atoms with E-state index in [1.165, 1.54) is 0 Å². The lowest BCUT2D eigenvalue weighted by Gasteiger charge is -2.20. The first kappa shape index (κ1) is 17.8. The van der Waals surface area contributed by atoms with Gasteiger partial charge < -0.3 is 24.8 Å². The molecular formula is C18H22N4O4. The minimum absolute atomic E-state index is 0.160. The third kappa shape index (κ3) is 3.35. The molecule has 2 aromatic rings. The van der Waals surface area contributed by atoms with Gasteiger partial charge in [0, 0.05) is 18.7 Å². The Labute approximate surface area is 151 Å². The van der Waals surface area contributed by atoms with Crippen molar-refractivity contribution in [3.8, 4) is 17.2 Å². The van der Waals surface area contributed by atoms with E-state index in [1.54, 1.807) is 28.3 Å². The summed E-state index contributed by atoms with van der Waals surface area (Å²) in [5.74, 6) is 2.79. The predicted octanol–water partition coefficient (Wildman–Crippen LogP) is 1.71. The minimum Gasteiger partial charge on any atom is -0.493 e. The summed E-state index contributed by atoms with van der Waals surface area (Å²) in [4.78, 5) is 20.8. The van der Waals surface area contributed by atoms with E-state index in [1.807, 2.05) is 12.1 Å². The summed E-state index contributed by atoms with van der Waals surface area (Å²) < 4.78 is 16.1. The van der Waals surface area contributed by atoms with Gasteiger partial charge in [-0.25, -0.2) is 9.97 Å². The average molecular weight is 358 g/mol. The van der Waals surface area contributed by atoms with Gasteiger partial charge in [-0.05, 0) is 31.0 Å². The van der Waals surface area contributed by atoms with Crippen molar-refractivity contribution < 1.29 is 19.0 Å². The Morgan fingerprint density at radius 3 is 2.42 bits per heavy atom. The van der Waals surface area contributed by atoms with Crippen LogP contribution in [0.15, 0.2) is 12.1 Å². The van der Waals surface area contributed by atoms with Gasteiger partial charge in [0.05, 0.1) is 21.3 Å². The molecule has 0 fully saturated rings. The summed E-state index contributed by atoms with van der Waals surface area (Å²) in [5.41, 5.74) is 2.22. The second-order valence-electron chi connectivity index (χ2n) is 5.84. The molecule has 1 aromatic heterocycles. The summed E-state index contributed by atoms with van der Waals surface area (Å²) in [6, 6.07) is 3.75. The average Bonchev–Trinajstić information content (AvgIpc) is 2.65. The Balaban J connectivity index is 1.89. The molecule has 0 saturated heterocycles. The molecule has 3 rings (SSSR count). The van der Waals surface area contributed by atoms with Crippen LogP contribution in [0.2, 0.25) is 0 Å². The highest BCUT2D eigenvalue weighted by Gasteiger charge is 2.23. The predicted molar refractivity (Wildman–Crippen MR) is 96.2 cm³/mol. The fourth-order valence-corrected chi connectivity index (χ4v) is 2.97. The van der Waals surface area contributed by atoms with Crippen LogP contribution in [-0.4, -0.2) is 43.7 Å². The number of carbonyl (C=O) groups excluding carboxylic acids is 1. The number of nitrogens with zero attached hydrogens (tertiary/aromatic N) is 2. The van der Waals surface area contributed by atoms with Crippen molar-refractivity contribution >= 4 is 11.7 Å². The van der Waals surface area contributed by atoms with Gasteiger partial charge in [0.15, 0.2) is 11.5 Å². The van der Waals surface area contributed by atoms with E-state index in [0.29, 0.717) is 54.1 Å². The standard InChI is InChI=1S/C18H22N4O4/c1-10-21-15-12(5-6-19-18(15)23)17(22-10)20-9-11-7-13(24-2)16(26-4)14(8-11)25-3/h7-8H,5-6,9H2,1-4H3,(H,19,23)(H,20,21,22). The van der Waals surface area contributed by atoms with Crippen molar-refractivity contribution in [3.05, 3.63) is 34.8 Å². The first-order chi connectivity index (χ1) is 12.6. The molecule has 138 valence electrons. The highest BCUT2D eigenvalue weighted by atomic mass is 16.5. The molecule has 1 aromatic carbocycles. The van der Waals surface area contributed by atoms with Crippen LogP contribution >= 0.6 is 0 Å². The van der Waals surface area contributed by atoms with Crippen molar-refractivity contribution in [1.82, 2.24) is 15.3 Å². The first-order valence-electron chi connectivity index (χ1n) is 8.25. The smallest absolute Gasteiger partial charge is 0.270 e. The Morgan fingerprint density at radius 2 is 1.81 bits per heavy atom. The summed E-state index contributed by atoms with van der Waals surface area (Å²) in [6.07, 6.45) is 0.693. The van der Waals surface area contributed by atoms with Crippen molar-refractivity contribution in [3.63, 3.8) is 0 Å². The van der Waals surface area contributed by atoms with Crippen LogP contribution in [0.3, 0.4) is 0 Å². The molecule has 8 heteroatoms. The largest absolute Gasteiger partial charge is 0.493 e. The number of hydrogen-bond donors (Lipinski definition) is 2. The molecule has 0 saturated carbocycles. The Hall–Kier alpha value is -3.03. The van der Waals surface area contributed by atoms with Gasteiger partial charge in [0.25, 0.3) is 5.91 Å². The van der Waals surface area contributed by atoms with Crippen LogP contribution in [0.1, 0.15) is 27.4 Å². The number of benzene rings is 1. The number of aromatic nitrogens is 2. The quantitative estimate of drug-likeness (QED) is 0.812. The number of hydrogen-bond acceptors (Lipinski definition) is 7. The number of carbonyl (C=O) groups is 1. The van der Waals surface area contributed by atoms with Gasteiger partial charge in [-0.3, -0.25) is 4.79 Å². The molecule has 1 aliphatic rings. The molecule has 26 heavy (non-hydrogen) atoms. The molecular weight excluding hydrogens is 336 g/mol. The maximum Gasteiger partial charge on any atom is 0.270 e. The maximum absolute atomic E-state index is 12.0. The lowest BCUT2D eigenvalue weighted by molar-refractivity contribution is 0.0940. The number of methoxy groups -OCH3 is 3. The SMILES string of the molecule is COc1cc(CNc2nc(C)nc3c2CCNC3=O)cc(OC)c1OC. The normalized spacial score (nSPS) is 12.8. The van der Waals surface area contributed by atoms with Crippen molar-refractivity contribution in [1.29, 1.82) is 0 Å². The molecule has 1 amide bonds. The number of amides is 1.